The molecular formula is C25H24N2O5. The maximum Gasteiger partial charge on any atom is 0.262 e. The van der Waals surface area contributed by atoms with Crippen LogP contribution in [0, 0.1) is 0 Å². The Hall–Kier alpha value is -3.71. The fourth-order valence-electron chi connectivity index (χ4n) is 3.86. The lowest BCUT2D eigenvalue weighted by Crippen LogP contribution is -2.34. The van der Waals surface area contributed by atoms with E-state index < -0.39 is 6.04 Å². The van der Waals surface area contributed by atoms with Crippen LogP contribution in [0.15, 0.2) is 67.0 Å². The summed E-state index contributed by atoms with van der Waals surface area (Å²) in [5, 5.41) is 0. The molecule has 0 saturated heterocycles. The molecule has 0 spiro atoms. The zero-order valence-corrected chi connectivity index (χ0v) is 18.0. The van der Waals surface area contributed by atoms with Gasteiger partial charge in [0.25, 0.3) is 11.8 Å². The Balaban J connectivity index is 1.60. The van der Waals surface area contributed by atoms with E-state index in [9.17, 15) is 9.59 Å². The number of carbonyl (C=O) groups is 2. The minimum absolute atomic E-state index is 0.308. The summed E-state index contributed by atoms with van der Waals surface area (Å²) in [7, 11) is 3.11. The summed E-state index contributed by atoms with van der Waals surface area (Å²) in [5.41, 5.74) is 2.55. The first-order valence-electron chi connectivity index (χ1n) is 10.3. The molecule has 2 heterocycles. The van der Waals surface area contributed by atoms with Crippen molar-refractivity contribution in [2.45, 2.75) is 19.1 Å². The first-order chi connectivity index (χ1) is 15.6. The highest BCUT2D eigenvalue weighted by Crippen LogP contribution is 2.37. The highest BCUT2D eigenvalue weighted by Gasteiger charge is 2.40. The lowest BCUT2D eigenvalue weighted by molar-refractivity contribution is 0.0509. The summed E-state index contributed by atoms with van der Waals surface area (Å²) in [5.74, 6) is 0.489. The van der Waals surface area contributed by atoms with Crippen LogP contribution in [0.4, 0.5) is 0 Å². The van der Waals surface area contributed by atoms with E-state index in [-0.39, 0.29) is 11.8 Å². The zero-order valence-electron chi connectivity index (χ0n) is 18.0. The lowest BCUT2D eigenvalue weighted by Gasteiger charge is -2.27. The van der Waals surface area contributed by atoms with Gasteiger partial charge in [-0.15, -0.1) is 0 Å². The number of imide groups is 1. The van der Waals surface area contributed by atoms with Crippen LogP contribution in [-0.2, 0) is 11.3 Å². The first kappa shape index (κ1) is 21.5. The van der Waals surface area contributed by atoms with Gasteiger partial charge in [-0.05, 0) is 47.9 Å². The number of aromatic nitrogens is 1. The van der Waals surface area contributed by atoms with Gasteiger partial charge in [0.2, 0.25) is 0 Å². The first-order valence-corrected chi connectivity index (χ1v) is 10.3. The zero-order chi connectivity index (χ0) is 22.5. The standard InChI is InChI=1S/C25H24N2O5/c1-30-22-10-9-18(14-23(22)31-2)21(11-13-32-16-17-6-5-12-26-15-17)27-24(28)19-7-3-4-8-20(19)25(27)29/h3-10,12,14-15,21H,11,13,16H2,1-2H3. The number of rotatable bonds is 9. The van der Waals surface area contributed by atoms with Crippen LogP contribution < -0.4 is 9.47 Å². The average molecular weight is 432 g/mol. The number of methoxy groups -OCH3 is 2. The highest BCUT2D eigenvalue weighted by molar-refractivity contribution is 6.21. The Bertz CT molecular complexity index is 1080. The molecule has 0 N–H and O–H groups in total. The number of amides is 2. The second kappa shape index (κ2) is 9.62. The van der Waals surface area contributed by atoms with Crippen LogP contribution in [0.2, 0.25) is 0 Å². The van der Waals surface area contributed by atoms with Crippen molar-refractivity contribution in [2.75, 3.05) is 20.8 Å². The molecule has 32 heavy (non-hydrogen) atoms. The molecule has 1 atom stereocenters. The molecule has 2 aromatic carbocycles. The Kier molecular flexibility index (Phi) is 6.47. The smallest absolute Gasteiger partial charge is 0.262 e. The van der Waals surface area contributed by atoms with Crippen molar-refractivity contribution >= 4 is 11.8 Å². The Morgan fingerprint density at radius 3 is 2.25 bits per heavy atom. The SMILES string of the molecule is COc1ccc(C(CCOCc2cccnc2)N2C(=O)c3ccccc3C2=O)cc1OC. The van der Waals surface area contributed by atoms with Crippen LogP contribution in [0.1, 0.15) is 44.3 Å². The third-order valence-electron chi connectivity index (χ3n) is 5.46. The van der Waals surface area contributed by atoms with Crippen LogP contribution in [0.25, 0.3) is 0 Å². The van der Waals surface area contributed by atoms with Gasteiger partial charge in [0, 0.05) is 19.0 Å². The summed E-state index contributed by atoms with van der Waals surface area (Å²) >= 11 is 0. The largest absolute Gasteiger partial charge is 0.493 e. The summed E-state index contributed by atoms with van der Waals surface area (Å²) in [6.07, 6.45) is 3.88. The Labute approximate surface area is 186 Å². The minimum Gasteiger partial charge on any atom is -0.493 e. The molecule has 4 rings (SSSR count). The van der Waals surface area contributed by atoms with Crippen molar-refractivity contribution in [1.82, 2.24) is 9.88 Å². The van der Waals surface area contributed by atoms with Crippen LogP contribution in [-0.4, -0.2) is 42.5 Å². The van der Waals surface area contributed by atoms with E-state index >= 15 is 0 Å². The van der Waals surface area contributed by atoms with Crippen molar-refractivity contribution in [3.05, 3.63) is 89.2 Å². The lowest BCUT2D eigenvalue weighted by atomic mass is 10.0. The van der Waals surface area contributed by atoms with E-state index in [0.29, 0.717) is 42.3 Å². The van der Waals surface area contributed by atoms with E-state index in [0.717, 1.165) is 11.1 Å². The van der Waals surface area contributed by atoms with Crippen LogP contribution in [0.5, 0.6) is 11.5 Å². The molecule has 1 aliphatic heterocycles. The summed E-state index contributed by atoms with van der Waals surface area (Å²) in [6, 6.07) is 15.6. The van der Waals surface area contributed by atoms with Crippen molar-refractivity contribution in [2.24, 2.45) is 0 Å². The maximum atomic E-state index is 13.2. The van der Waals surface area contributed by atoms with Gasteiger partial charge >= 0.3 is 0 Å². The van der Waals surface area contributed by atoms with Gasteiger partial charge in [-0.2, -0.15) is 0 Å². The minimum atomic E-state index is -0.517. The van der Waals surface area contributed by atoms with Crippen molar-refractivity contribution in [3.8, 4) is 11.5 Å². The van der Waals surface area contributed by atoms with Crippen molar-refractivity contribution < 1.29 is 23.8 Å². The summed E-state index contributed by atoms with van der Waals surface area (Å²) in [4.78, 5) is 31.7. The van der Waals surface area contributed by atoms with Crippen molar-refractivity contribution in [1.29, 1.82) is 0 Å². The molecule has 1 aliphatic rings. The number of hydrogen-bond donors (Lipinski definition) is 0. The number of carbonyl (C=O) groups excluding carboxylic acids is 2. The topological polar surface area (TPSA) is 78.0 Å². The molecule has 7 nitrogen and oxygen atoms in total. The molecule has 7 heteroatoms. The summed E-state index contributed by atoms with van der Waals surface area (Å²) in [6.45, 7) is 0.746. The Morgan fingerprint density at radius 1 is 0.906 bits per heavy atom. The van der Waals surface area contributed by atoms with E-state index in [2.05, 4.69) is 4.98 Å². The number of ether oxygens (including phenoxy) is 3. The van der Waals surface area contributed by atoms with Crippen LogP contribution >= 0.6 is 0 Å². The number of benzene rings is 2. The predicted octanol–water partition coefficient (Wildman–Crippen LogP) is 4.04. The number of pyridine rings is 1. The quantitative estimate of drug-likeness (QED) is 0.375. The van der Waals surface area contributed by atoms with E-state index in [1.54, 1.807) is 63.0 Å². The van der Waals surface area contributed by atoms with Gasteiger partial charge in [-0.25, -0.2) is 0 Å². The monoisotopic (exact) mass is 432 g/mol. The molecule has 0 radical (unpaired) electrons. The van der Waals surface area contributed by atoms with Gasteiger partial charge in [0.15, 0.2) is 11.5 Å². The predicted molar refractivity (Wildman–Crippen MR) is 118 cm³/mol. The van der Waals surface area contributed by atoms with Gasteiger partial charge in [-0.1, -0.05) is 24.3 Å². The molecule has 0 saturated carbocycles. The second-order valence-corrected chi connectivity index (χ2v) is 7.36. The van der Waals surface area contributed by atoms with Gasteiger partial charge in [0.1, 0.15) is 0 Å². The number of fused-ring (bicyclic) bond motifs is 1. The Morgan fingerprint density at radius 2 is 1.62 bits per heavy atom. The van der Waals surface area contributed by atoms with E-state index in [1.165, 1.54) is 4.90 Å². The molecule has 1 unspecified atom stereocenters. The fourth-order valence-corrected chi connectivity index (χ4v) is 3.86. The summed E-state index contributed by atoms with van der Waals surface area (Å²) < 4.78 is 16.6. The average Bonchev–Trinajstić information content (AvgIpc) is 3.09. The molecule has 0 aliphatic carbocycles. The van der Waals surface area contributed by atoms with Crippen LogP contribution in [0.3, 0.4) is 0 Å². The molecule has 2 amide bonds. The van der Waals surface area contributed by atoms with E-state index in [4.69, 9.17) is 14.2 Å². The highest BCUT2D eigenvalue weighted by atomic mass is 16.5. The van der Waals surface area contributed by atoms with Gasteiger partial charge in [0.05, 0.1) is 38.0 Å². The molecule has 164 valence electrons. The maximum absolute atomic E-state index is 13.2. The normalized spacial score (nSPS) is 13.8. The number of hydrogen-bond acceptors (Lipinski definition) is 6. The molecule has 1 aromatic heterocycles. The van der Waals surface area contributed by atoms with Gasteiger partial charge < -0.3 is 14.2 Å². The third-order valence-corrected chi connectivity index (χ3v) is 5.46. The second-order valence-electron chi connectivity index (χ2n) is 7.36. The fraction of sp³-hybridized carbons (Fsp3) is 0.240. The van der Waals surface area contributed by atoms with E-state index in [1.807, 2.05) is 18.2 Å². The molecule has 0 bridgehead atoms. The van der Waals surface area contributed by atoms with Crippen molar-refractivity contribution in [3.63, 3.8) is 0 Å². The number of nitrogens with zero attached hydrogens (tertiary/aromatic N) is 2. The van der Waals surface area contributed by atoms with Gasteiger partial charge in [-0.3, -0.25) is 19.5 Å². The molecular weight excluding hydrogens is 408 g/mol. The molecule has 0 fully saturated rings. The molecule has 3 aromatic rings. The third kappa shape index (κ3) is 4.20.